The van der Waals surface area contributed by atoms with E-state index in [1.807, 2.05) is 49.4 Å². The minimum atomic E-state index is 0.391. The maximum absolute atomic E-state index is 5.73. The number of rotatable bonds is 6. The van der Waals surface area contributed by atoms with Crippen LogP contribution in [0.4, 0.5) is 0 Å². The van der Waals surface area contributed by atoms with Crippen molar-refractivity contribution in [1.29, 1.82) is 0 Å². The molecule has 118 valence electrons. The van der Waals surface area contributed by atoms with Gasteiger partial charge in [0.1, 0.15) is 17.2 Å². The van der Waals surface area contributed by atoms with Gasteiger partial charge in [-0.1, -0.05) is 6.07 Å². The van der Waals surface area contributed by atoms with E-state index in [1.165, 1.54) is 0 Å². The molecule has 0 fully saturated rings. The van der Waals surface area contributed by atoms with Crippen LogP contribution in [0.2, 0.25) is 0 Å². The zero-order valence-corrected chi connectivity index (χ0v) is 13.2. The summed E-state index contributed by atoms with van der Waals surface area (Å²) in [7, 11) is 1.64. The van der Waals surface area contributed by atoms with Crippen LogP contribution in [0.25, 0.3) is 11.5 Å². The molecule has 0 aliphatic rings. The minimum Gasteiger partial charge on any atom is -0.497 e. The number of benzene rings is 1. The molecule has 23 heavy (non-hydrogen) atoms. The van der Waals surface area contributed by atoms with Crippen LogP contribution < -0.4 is 4.74 Å². The molecule has 0 aliphatic heterocycles. The topological polar surface area (TPSA) is 57.4 Å². The summed E-state index contributed by atoms with van der Waals surface area (Å²) in [6, 6.07) is 13.4. The van der Waals surface area contributed by atoms with Crippen LogP contribution in [0.15, 0.2) is 53.1 Å². The Labute approximate surface area is 134 Å². The first kappa shape index (κ1) is 15.2. The van der Waals surface area contributed by atoms with E-state index < -0.39 is 0 Å². The quantitative estimate of drug-likeness (QED) is 0.693. The number of aromatic nitrogens is 2. The van der Waals surface area contributed by atoms with Gasteiger partial charge in [0, 0.05) is 11.8 Å². The third kappa shape index (κ3) is 3.76. The van der Waals surface area contributed by atoms with Crippen molar-refractivity contribution in [3.05, 3.63) is 65.8 Å². The van der Waals surface area contributed by atoms with Gasteiger partial charge in [-0.15, -0.1) is 0 Å². The van der Waals surface area contributed by atoms with E-state index in [2.05, 4.69) is 9.97 Å². The number of methoxy groups -OCH3 is 1. The van der Waals surface area contributed by atoms with Gasteiger partial charge >= 0.3 is 0 Å². The highest BCUT2D eigenvalue weighted by Crippen LogP contribution is 2.24. The second-order valence-corrected chi connectivity index (χ2v) is 5.06. The summed E-state index contributed by atoms with van der Waals surface area (Å²) >= 11 is 0. The first-order valence-electron chi connectivity index (χ1n) is 7.34. The Morgan fingerprint density at radius 2 is 1.87 bits per heavy atom. The predicted molar refractivity (Wildman–Crippen MR) is 86.0 cm³/mol. The van der Waals surface area contributed by atoms with Gasteiger partial charge in [0.25, 0.3) is 0 Å². The molecule has 0 atom stereocenters. The molecule has 0 radical (unpaired) electrons. The SMILES string of the molecule is COc1ccc(-c2nc(COCc3ccccn3)c(C)o2)cc1. The van der Waals surface area contributed by atoms with Gasteiger partial charge in [-0.3, -0.25) is 4.98 Å². The second-order valence-electron chi connectivity index (χ2n) is 5.06. The predicted octanol–water partition coefficient (Wildman–Crippen LogP) is 3.77. The number of oxazole rings is 1. The van der Waals surface area contributed by atoms with Crippen LogP contribution in [0.5, 0.6) is 5.75 Å². The van der Waals surface area contributed by atoms with Crippen molar-refractivity contribution in [1.82, 2.24) is 9.97 Å². The van der Waals surface area contributed by atoms with Gasteiger partial charge in [0.15, 0.2) is 0 Å². The highest BCUT2D eigenvalue weighted by molar-refractivity contribution is 5.55. The highest BCUT2D eigenvalue weighted by Gasteiger charge is 2.11. The average molecular weight is 310 g/mol. The van der Waals surface area contributed by atoms with E-state index >= 15 is 0 Å². The van der Waals surface area contributed by atoms with Gasteiger partial charge in [0.2, 0.25) is 5.89 Å². The third-order valence-corrected chi connectivity index (χ3v) is 3.44. The summed E-state index contributed by atoms with van der Waals surface area (Å²) in [5, 5.41) is 0. The Kier molecular flexibility index (Phi) is 4.68. The fourth-order valence-electron chi connectivity index (χ4n) is 2.15. The summed E-state index contributed by atoms with van der Waals surface area (Å²) < 4.78 is 16.5. The fourth-order valence-corrected chi connectivity index (χ4v) is 2.15. The number of pyridine rings is 1. The molecule has 2 heterocycles. The van der Waals surface area contributed by atoms with E-state index in [0.717, 1.165) is 28.5 Å². The van der Waals surface area contributed by atoms with Crippen LogP contribution in [-0.2, 0) is 18.0 Å². The molecule has 2 aromatic heterocycles. The minimum absolute atomic E-state index is 0.391. The molecular weight excluding hydrogens is 292 g/mol. The van der Waals surface area contributed by atoms with Gasteiger partial charge < -0.3 is 13.9 Å². The lowest BCUT2D eigenvalue weighted by Crippen LogP contribution is -1.97. The molecule has 0 unspecified atom stereocenters. The number of hydrogen-bond acceptors (Lipinski definition) is 5. The normalized spacial score (nSPS) is 10.7. The van der Waals surface area contributed by atoms with Gasteiger partial charge in [0.05, 0.1) is 26.0 Å². The van der Waals surface area contributed by atoms with Crippen molar-refractivity contribution in [3.63, 3.8) is 0 Å². The van der Waals surface area contributed by atoms with Gasteiger partial charge in [-0.25, -0.2) is 4.98 Å². The van der Waals surface area contributed by atoms with Crippen LogP contribution in [0, 0.1) is 6.92 Å². The number of hydrogen-bond donors (Lipinski definition) is 0. The van der Waals surface area contributed by atoms with Crippen molar-refractivity contribution in [2.24, 2.45) is 0 Å². The zero-order valence-electron chi connectivity index (χ0n) is 13.2. The van der Waals surface area contributed by atoms with E-state index in [4.69, 9.17) is 13.9 Å². The van der Waals surface area contributed by atoms with Gasteiger partial charge in [-0.05, 0) is 43.3 Å². The standard InChI is InChI=1S/C18H18N2O3/c1-13-17(12-22-11-15-5-3-4-10-19-15)20-18(23-13)14-6-8-16(21-2)9-7-14/h3-10H,11-12H2,1-2H3. The molecule has 3 aromatic rings. The van der Waals surface area contributed by atoms with Crippen molar-refractivity contribution in [2.45, 2.75) is 20.1 Å². The molecule has 0 aliphatic carbocycles. The molecule has 0 saturated heterocycles. The van der Waals surface area contributed by atoms with E-state index in [9.17, 15) is 0 Å². The Morgan fingerprint density at radius 3 is 2.57 bits per heavy atom. The average Bonchev–Trinajstić information content (AvgIpc) is 2.97. The van der Waals surface area contributed by atoms with Crippen LogP contribution in [0.3, 0.4) is 0 Å². The van der Waals surface area contributed by atoms with Crippen molar-refractivity contribution in [3.8, 4) is 17.2 Å². The molecule has 1 aromatic carbocycles. The summed E-state index contributed by atoms with van der Waals surface area (Å²) in [5.74, 6) is 2.15. The zero-order chi connectivity index (χ0) is 16.1. The smallest absolute Gasteiger partial charge is 0.226 e. The third-order valence-electron chi connectivity index (χ3n) is 3.44. The van der Waals surface area contributed by atoms with Crippen LogP contribution >= 0.6 is 0 Å². The lowest BCUT2D eigenvalue weighted by molar-refractivity contribution is 0.101. The van der Waals surface area contributed by atoms with E-state index in [0.29, 0.717) is 19.1 Å². The molecule has 0 spiro atoms. The van der Waals surface area contributed by atoms with Gasteiger partial charge in [-0.2, -0.15) is 0 Å². The Bertz CT molecular complexity index is 752. The van der Waals surface area contributed by atoms with Crippen molar-refractivity contribution >= 4 is 0 Å². The molecule has 0 saturated carbocycles. The Morgan fingerprint density at radius 1 is 1.04 bits per heavy atom. The number of ether oxygens (including phenoxy) is 2. The summed E-state index contributed by atoms with van der Waals surface area (Å²) in [5.41, 5.74) is 2.60. The molecule has 5 heteroatoms. The van der Waals surface area contributed by atoms with Crippen molar-refractivity contribution in [2.75, 3.05) is 7.11 Å². The van der Waals surface area contributed by atoms with Crippen molar-refractivity contribution < 1.29 is 13.9 Å². The fraction of sp³-hybridized carbons (Fsp3) is 0.222. The first-order chi connectivity index (χ1) is 11.3. The maximum Gasteiger partial charge on any atom is 0.226 e. The second kappa shape index (κ2) is 7.07. The largest absolute Gasteiger partial charge is 0.497 e. The number of aryl methyl sites for hydroxylation is 1. The summed E-state index contributed by atoms with van der Waals surface area (Å²) in [6.07, 6.45) is 1.75. The van der Waals surface area contributed by atoms with Crippen LogP contribution in [-0.4, -0.2) is 17.1 Å². The number of nitrogens with zero attached hydrogens (tertiary/aromatic N) is 2. The molecule has 0 amide bonds. The highest BCUT2D eigenvalue weighted by atomic mass is 16.5. The summed E-state index contributed by atoms with van der Waals surface area (Å²) in [6.45, 7) is 2.73. The van der Waals surface area contributed by atoms with E-state index in [1.54, 1.807) is 13.3 Å². The summed E-state index contributed by atoms with van der Waals surface area (Å²) in [4.78, 5) is 8.73. The Hall–Kier alpha value is -2.66. The lowest BCUT2D eigenvalue weighted by atomic mass is 10.2. The molecular formula is C18H18N2O3. The lowest BCUT2D eigenvalue weighted by Gasteiger charge is -2.01. The molecule has 5 nitrogen and oxygen atoms in total. The maximum atomic E-state index is 5.73. The van der Waals surface area contributed by atoms with E-state index in [-0.39, 0.29) is 0 Å². The monoisotopic (exact) mass is 310 g/mol. The molecule has 3 rings (SSSR count). The Balaban J connectivity index is 1.65. The first-order valence-corrected chi connectivity index (χ1v) is 7.34. The molecule has 0 bridgehead atoms. The van der Waals surface area contributed by atoms with Crippen LogP contribution in [0.1, 0.15) is 17.1 Å². The molecule has 0 N–H and O–H groups in total.